The lowest BCUT2D eigenvalue weighted by atomic mass is 10.1. The van der Waals surface area contributed by atoms with Crippen LogP contribution >= 0.6 is 0 Å². The van der Waals surface area contributed by atoms with Gasteiger partial charge in [0.1, 0.15) is 0 Å². The molecule has 1 saturated heterocycles. The molecule has 0 bridgehead atoms. The third-order valence-corrected chi connectivity index (χ3v) is 5.06. The molecule has 1 aliphatic rings. The summed E-state index contributed by atoms with van der Waals surface area (Å²) >= 11 is 0. The van der Waals surface area contributed by atoms with Crippen molar-refractivity contribution in [3.63, 3.8) is 0 Å². The van der Waals surface area contributed by atoms with E-state index in [1.165, 1.54) is 17.5 Å². The molecule has 0 aliphatic carbocycles. The highest BCUT2D eigenvalue weighted by Gasteiger charge is 2.35. The Morgan fingerprint density at radius 1 is 1.45 bits per heavy atom. The number of hydrogen-bond donors (Lipinski definition) is 1. The Morgan fingerprint density at radius 3 is 2.75 bits per heavy atom. The topological polar surface area (TPSA) is 83.9 Å². The highest BCUT2D eigenvalue weighted by Crippen LogP contribution is 2.22. The molecule has 0 unspecified atom stereocenters. The summed E-state index contributed by atoms with van der Waals surface area (Å²) in [6, 6.07) is 6.39. The molecule has 1 N–H and O–H groups in total. The largest absolute Gasteiger partial charge is 0.465 e. The molecule has 0 aromatic heterocycles. The summed E-state index contributed by atoms with van der Waals surface area (Å²) < 4.78 is 30.2. The molecule has 110 valence electrons. The number of carbonyl (C=O) groups excluding carboxylic acids is 1. The number of carbonyl (C=O) groups is 1. The van der Waals surface area contributed by atoms with Crippen LogP contribution < -0.4 is 0 Å². The predicted octanol–water partition coefficient (Wildman–Crippen LogP) is 0.227. The number of aliphatic hydroxyl groups excluding tert-OH is 1. The number of nitrogens with zero attached hydrogens (tertiary/aromatic N) is 1. The third kappa shape index (κ3) is 3.17. The molecule has 20 heavy (non-hydrogen) atoms. The minimum Gasteiger partial charge on any atom is -0.465 e. The van der Waals surface area contributed by atoms with E-state index >= 15 is 0 Å². The van der Waals surface area contributed by atoms with E-state index in [4.69, 9.17) is 5.11 Å². The molecule has 2 rings (SSSR count). The van der Waals surface area contributed by atoms with E-state index in [2.05, 4.69) is 4.74 Å². The fourth-order valence-corrected chi connectivity index (χ4v) is 3.73. The van der Waals surface area contributed by atoms with Crippen LogP contribution in [0.15, 0.2) is 24.3 Å². The van der Waals surface area contributed by atoms with Crippen molar-refractivity contribution in [3.05, 3.63) is 35.4 Å². The molecule has 1 aliphatic heterocycles. The fraction of sp³-hybridized carbons (Fsp3) is 0.462. The summed E-state index contributed by atoms with van der Waals surface area (Å²) in [5, 5.41) is 8.91. The first kappa shape index (κ1) is 15.0. The van der Waals surface area contributed by atoms with Crippen molar-refractivity contribution in [2.75, 3.05) is 26.8 Å². The minimum absolute atomic E-state index is 0.00382. The van der Waals surface area contributed by atoms with E-state index in [1.807, 2.05) is 0 Å². The zero-order chi connectivity index (χ0) is 14.8. The highest BCUT2D eigenvalue weighted by molar-refractivity contribution is 7.88. The molecule has 1 aromatic carbocycles. The first-order valence-electron chi connectivity index (χ1n) is 6.22. The lowest BCUT2D eigenvalue weighted by molar-refractivity contribution is 0.0600. The van der Waals surface area contributed by atoms with E-state index in [1.54, 1.807) is 18.2 Å². The molecule has 0 atom stereocenters. The number of methoxy groups -OCH3 is 1. The van der Waals surface area contributed by atoms with Gasteiger partial charge in [0.05, 0.1) is 18.4 Å². The summed E-state index contributed by atoms with van der Waals surface area (Å²) in [7, 11) is -2.12. The lowest BCUT2D eigenvalue weighted by Crippen LogP contribution is -2.51. The first-order valence-corrected chi connectivity index (χ1v) is 7.83. The van der Waals surface area contributed by atoms with Crippen LogP contribution in [0.1, 0.15) is 15.9 Å². The van der Waals surface area contributed by atoms with Crippen molar-refractivity contribution in [1.29, 1.82) is 0 Å². The van der Waals surface area contributed by atoms with Gasteiger partial charge in [0.2, 0.25) is 10.0 Å². The van der Waals surface area contributed by atoms with Gasteiger partial charge in [-0.1, -0.05) is 12.1 Å². The maximum atomic E-state index is 12.1. The van der Waals surface area contributed by atoms with E-state index < -0.39 is 16.0 Å². The fourth-order valence-electron chi connectivity index (χ4n) is 2.07. The Bertz CT molecular complexity index is 593. The molecule has 0 amide bonds. The number of benzene rings is 1. The number of hydrogen-bond acceptors (Lipinski definition) is 5. The molecule has 1 fully saturated rings. The molecule has 1 heterocycles. The lowest BCUT2D eigenvalue weighted by Gasteiger charge is -2.37. The van der Waals surface area contributed by atoms with Crippen LogP contribution in [-0.2, 0) is 20.5 Å². The van der Waals surface area contributed by atoms with Crippen molar-refractivity contribution < 1.29 is 23.1 Å². The van der Waals surface area contributed by atoms with Gasteiger partial charge in [-0.05, 0) is 17.7 Å². The summed E-state index contributed by atoms with van der Waals surface area (Å²) in [5.41, 5.74) is 0.873. The predicted molar refractivity (Wildman–Crippen MR) is 72.6 cm³/mol. The second-order valence-corrected chi connectivity index (χ2v) is 6.78. The van der Waals surface area contributed by atoms with Crippen molar-refractivity contribution >= 4 is 16.0 Å². The summed E-state index contributed by atoms with van der Waals surface area (Å²) in [6.45, 7) is 0.717. The second-order valence-electron chi connectivity index (χ2n) is 4.81. The maximum absolute atomic E-state index is 12.1. The Kier molecular flexibility index (Phi) is 4.42. The van der Waals surface area contributed by atoms with Crippen LogP contribution in [0.4, 0.5) is 0 Å². The monoisotopic (exact) mass is 299 g/mol. The standard InChI is InChI=1S/C13H17NO5S/c1-19-13(16)12-4-2-3-10(5-12)9-20(17,18)14-6-11(7-14)8-15/h2-5,11,15H,6-9H2,1H3. The molecule has 6 nitrogen and oxygen atoms in total. The van der Waals surface area contributed by atoms with Crippen LogP contribution in [0, 0.1) is 5.92 Å². The van der Waals surface area contributed by atoms with Gasteiger partial charge in [-0.3, -0.25) is 0 Å². The number of ether oxygens (including phenoxy) is 1. The van der Waals surface area contributed by atoms with Crippen LogP contribution in [-0.4, -0.2) is 50.6 Å². The molecule has 0 spiro atoms. The second kappa shape index (κ2) is 5.90. The zero-order valence-electron chi connectivity index (χ0n) is 11.2. The maximum Gasteiger partial charge on any atom is 0.337 e. The van der Waals surface area contributed by atoms with Gasteiger partial charge < -0.3 is 9.84 Å². The van der Waals surface area contributed by atoms with Gasteiger partial charge in [-0.25, -0.2) is 17.5 Å². The Morgan fingerprint density at radius 2 is 2.15 bits per heavy atom. The summed E-state index contributed by atoms with van der Waals surface area (Å²) in [6.07, 6.45) is 0. The quantitative estimate of drug-likeness (QED) is 0.787. The van der Waals surface area contributed by atoms with Crippen LogP contribution in [0.5, 0.6) is 0 Å². The van der Waals surface area contributed by atoms with Crippen molar-refractivity contribution in [2.45, 2.75) is 5.75 Å². The Hall–Kier alpha value is -1.44. The van der Waals surface area contributed by atoms with Crippen LogP contribution in [0.3, 0.4) is 0 Å². The minimum atomic E-state index is -3.40. The third-order valence-electron chi connectivity index (χ3n) is 3.27. The number of aliphatic hydroxyl groups is 1. The Labute approximate surface area is 118 Å². The number of rotatable bonds is 5. The molecule has 0 radical (unpaired) electrons. The van der Waals surface area contributed by atoms with Crippen molar-refractivity contribution in [1.82, 2.24) is 4.31 Å². The van der Waals surface area contributed by atoms with E-state index in [9.17, 15) is 13.2 Å². The van der Waals surface area contributed by atoms with Gasteiger partial charge >= 0.3 is 5.97 Å². The number of sulfonamides is 1. The molecule has 7 heteroatoms. The normalized spacial score (nSPS) is 16.7. The van der Waals surface area contributed by atoms with Gasteiger partial charge in [-0.2, -0.15) is 0 Å². The highest BCUT2D eigenvalue weighted by atomic mass is 32.2. The van der Waals surface area contributed by atoms with Gasteiger partial charge in [0.15, 0.2) is 0 Å². The van der Waals surface area contributed by atoms with Gasteiger partial charge in [-0.15, -0.1) is 0 Å². The SMILES string of the molecule is COC(=O)c1cccc(CS(=O)(=O)N2CC(CO)C2)c1. The number of esters is 1. The zero-order valence-corrected chi connectivity index (χ0v) is 12.0. The van der Waals surface area contributed by atoms with Crippen molar-refractivity contribution in [2.24, 2.45) is 5.92 Å². The first-order chi connectivity index (χ1) is 9.46. The van der Waals surface area contributed by atoms with Crippen molar-refractivity contribution in [3.8, 4) is 0 Å². The Balaban J connectivity index is 2.08. The molecular weight excluding hydrogens is 282 g/mol. The molecular formula is C13H17NO5S. The van der Waals surface area contributed by atoms with E-state index in [0.29, 0.717) is 24.2 Å². The average molecular weight is 299 g/mol. The van der Waals surface area contributed by atoms with Gasteiger partial charge in [0.25, 0.3) is 0 Å². The average Bonchev–Trinajstić information content (AvgIpc) is 2.36. The summed E-state index contributed by atoms with van der Waals surface area (Å²) in [4.78, 5) is 11.4. The smallest absolute Gasteiger partial charge is 0.337 e. The van der Waals surface area contributed by atoms with E-state index in [0.717, 1.165) is 0 Å². The van der Waals surface area contributed by atoms with Crippen LogP contribution in [0.25, 0.3) is 0 Å². The molecule has 0 saturated carbocycles. The molecule has 1 aromatic rings. The van der Waals surface area contributed by atoms with Crippen LogP contribution in [0.2, 0.25) is 0 Å². The van der Waals surface area contributed by atoms with Gasteiger partial charge in [0, 0.05) is 25.6 Å². The summed E-state index contributed by atoms with van der Waals surface area (Å²) in [5.74, 6) is -0.615. The van der Waals surface area contributed by atoms with E-state index in [-0.39, 0.29) is 18.3 Å².